The molecule has 1 aromatic carbocycles. The minimum absolute atomic E-state index is 0. The van der Waals surface area contributed by atoms with Crippen LogP contribution >= 0.6 is 12.4 Å². The van der Waals surface area contributed by atoms with E-state index in [1.807, 2.05) is 0 Å². The molecule has 146 valence electrons. The second-order valence-electron chi connectivity index (χ2n) is 6.74. The van der Waals surface area contributed by atoms with E-state index in [1.54, 1.807) is 6.07 Å². The number of piperidine rings is 1. The lowest BCUT2D eigenvalue weighted by Gasteiger charge is -2.27. The lowest BCUT2D eigenvalue weighted by Crippen LogP contribution is -2.34. The summed E-state index contributed by atoms with van der Waals surface area (Å²) in [7, 11) is 0. The Bertz CT molecular complexity index is 580. The average molecular weight is 386 g/mol. The lowest BCUT2D eigenvalue weighted by atomic mass is 9.84. The molecule has 5 nitrogen and oxygen atoms in total. The fraction of sp³-hybridized carbons (Fsp3) is 0.579. The van der Waals surface area contributed by atoms with E-state index in [2.05, 4.69) is 22.9 Å². The van der Waals surface area contributed by atoms with E-state index in [9.17, 15) is 14.0 Å². The van der Waals surface area contributed by atoms with E-state index in [-0.39, 0.29) is 24.2 Å². The zero-order valence-electron chi connectivity index (χ0n) is 15.2. The van der Waals surface area contributed by atoms with Crippen LogP contribution in [0.2, 0.25) is 0 Å². The van der Waals surface area contributed by atoms with Gasteiger partial charge in [0.1, 0.15) is 5.82 Å². The number of amides is 2. The summed E-state index contributed by atoms with van der Waals surface area (Å²) in [6.07, 6.45) is 3.48. The number of rotatable bonds is 8. The Morgan fingerprint density at radius 2 is 1.92 bits per heavy atom. The molecule has 26 heavy (non-hydrogen) atoms. The summed E-state index contributed by atoms with van der Waals surface area (Å²) < 4.78 is 13.1. The van der Waals surface area contributed by atoms with E-state index < -0.39 is 5.82 Å². The van der Waals surface area contributed by atoms with E-state index in [1.165, 1.54) is 18.2 Å². The van der Waals surface area contributed by atoms with E-state index in [0.29, 0.717) is 43.3 Å². The van der Waals surface area contributed by atoms with Crippen LogP contribution in [0.5, 0.6) is 0 Å². The van der Waals surface area contributed by atoms with Gasteiger partial charge in [-0.3, -0.25) is 9.59 Å². The monoisotopic (exact) mass is 385 g/mol. The van der Waals surface area contributed by atoms with Crippen molar-refractivity contribution in [3.05, 3.63) is 35.6 Å². The second kappa shape index (κ2) is 11.9. The van der Waals surface area contributed by atoms with Crippen molar-refractivity contribution in [3.8, 4) is 0 Å². The number of carbonyl (C=O) groups is 2. The molecular formula is C19H29ClFN3O2. The number of halogens is 2. The van der Waals surface area contributed by atoms with Crippen LogP contribution in [0.25, 0.3) is 0 Å². The van der Waals surface area contributed by atoms with Gasteiger partial charge in [0.05, 0.1) is 0 Å². The molecule has 1 fully saturated rings. The van der Waals surface area contributed by atoms with Crippen LogP contribution in [0.1, 0.15) is 43.0 Å². The van der Waals surface area contributed by atoms with Crippen molar-refractivity contribution in [2.75, 3.05) is 26.2 Å². The molecule has 0 aromatic heterocycles. The number of carbonyl (C=O) groups excluding carboxylic acids is 2. The molecule has 1 aliphatic rings. The van der Waals surface area contributed by atoms with Crippen molar-refractivity contribution in [2.45, 2.75) is 32.6 Å². The summed E-state index contributed by atoms with van der Waals surface area (Å²) in [5.74, 6) is 0.364. The molecule has 0 radical (unpaired) electrons. The Kier molecular flexibility index (Phi) is 10.2. The molecule has 1 heterocycles. The molecular weight excluding hydrogens is 357 g/mol. The van der Waals surface area contributed by atoms with Crippen molar-refractivity contribution in [3.63, 3.8) is 0 Å². The normalized spacial score (nSPS) is 15.6. The van der Waals surface area contributed by atoms with Gasteiger partial charge in [0.2, 0.25) is 5.91 Å². The highest BCUT2D eigenvalue weighted by atomic mass is 35.5. The van der Waals surface area contributed by atoms with Gasteiger partial charge < -0.3 is 16.0 Å². The molecule has 1 aromatic rings. The zero-order chi connectivity index (χ0) is 18.1. The van der Waals surface area contributed by atoms with Crippen LogP contribution < -0.4 is 16.0 Å². The summed E-state index contributed by atoms with van der Waals surface area (Å²) >= 11 is 0. The third kappa shape index (κ3) is 7.70. The largest absolute Gasteiger partial charge is 0.356 e. The van der Waals surface area contributed by atoms with Crippen LogP contribution in [-0.2, 0) is 4.79 Å². The third-order valence-corrected chi connectivity index (χ3v) is 4.74. The van der Waals surface area contributed by atoms with Gasteiger partial charge in [-0.1, -0.05) is 13.0 Å². The summed E-state index contributed by atoms with van der Waals surface area (Å²) in [5.41, 5.74) is 0.305. The minimum atomic E-state index is -0.428. The topological polar surface area (TPSA) is 70.2 Å². The highest BCUT2D eigenvalue weighted by Crippen LogP contribution is 2.24. The molecule has 0 bridgehead atoms. The maximum Gasteiger partial charge on any atom is 0.251 e. The predicted molar refractivity (Wildman–Crippen MR) is 103 cm³/mol. The van der Waals surface area contributed by atoms with Crippen LogP contribution in [0.4, 0.5) is 4.39 Å². The molecule has 2 amide bonds. The second-order valence-corrected chi connectivity index (χ2v) is 6.74. The lowest BCUT2D eigenvalue weighted by molar-refractivity contribution is -0.122. The van der Waals surface area contributed by atoms with Gasteiger partial charge in [-0.05, 0) is 62.4 Å². The molecule has 7 heteroatoms. The molecule has 0 spiro atoms. The third-order valence-electron chi connectivity index (χ3n) is 4.74. The standard InChI is InChI=1S/C19H28FN3O2.ClH/c1-14(15-6-10-21-11-7-15)12-18(24)22-8-3-9-23-19(25)16-4-2-5-17(20)13-16;/h2,4-5,13-15,21H,3,6-12H2,1H3,(H,22,24)(H,23,25);1H. The number of hydrogen-bond acceptors (Lipinski definition) is 3. The van der Waals surface area contributed by atoms with Crippen molar-refractivity contribution in [1.29, 1.82) is 0 Å². The first-order valence-electron chi connectivity index (χ1n) is 9.07. The van der Waals surface area contributed by atoms with Crippen molar-refractivity contribution in [2.24, 2.45) is 11.8 Å². The maximum atomic E-state index is 13.1. The molecule has 2 rings (SSSR count). The molecule has 1 aliphatic heterocycles. The van der Waals surface area contributed by atoms with Crippen LogP contribution in [0.3, 0.4) is 0 Å². The van der Waals surface area contributed by atoms with Crippen LogP contribution in [-0.4, -0.2) is 38.0 Å². The molecule has 3 N–H and O–H groups in total. The molecule has 1 atom stereocenters. The minimum Gasteiger partial charge on any atom is -0.356 e. The van der Waals surface area contributed by atoms with Gasteiger partial charge in [-0.25, -0.2) is 4.39 Å². The van der Waals surface area contributed by atoms with Gasteiger partial charge >= 0.3 is 0 Å². The average Bonchev–Trinajstić information content (AvgIpc) is 2.62. The highest BCUT2D eigenvalue weighted by Gasteiger charge is 2.21. The van der Waals surface area contributed by atoms with Gasteiger partial charge in [0.25, 0.3) is 5.91 Å². The van der Waals surface area contributed by atoms with Gasteiger partial charge in [-0.2, -0.15) is 0 Å². The SMILES string of the molecule is CC(CC(=O)NCCCNC(=O)c1cccc(F)c1)C1CCNCC1.Cl. The Morgan fingerprint density at radius 1 is 1.23 bits per heavy atom. The Morgan fingerprint density at radius 3 is 2.62 bits per heavy atom. The van der Waals surface area contributed by atoms with Gasteiger partial charge in [0, 0.05) is 25.1 Å². The number of hydrogen-bond donors (Lipinski definition) is 3. The fourth-order valence-electron chi connectivity index (χ4n) is 3.19. The molecule has 1 saturated heterocycles. The fourth-order valence-corrected chi connectivity index (χ4v) is 3.19. The summed E-state index contributed by atoms with van der Waals surface area (Å²) in [5, 5.41) is 8.98. The van der Waals surface area contributed by atoms with Crippen LogP contribution in [0.15, 0.2) is 24.3 Å². The first-order chi connectivity index (χ1) is 12.1. The van der Waals surface area contributed by atoms with Gasteiger partial charge in [-0.15, -0.1) is 12.4 Å². The maximum absolute atomic E-state index is 13.1. The first kappa shape index (κ1) is 22.4. The number of benzene rings is 1. The summed E-state index contributed by atoms with van der Waals surface area (Å²) in [6, 6.07) is 5.59. The van der Waals surface area contributed by atoms with Crippen molar-refractivity contribution in [1.82, 2.24) is 16.0 Å². The smallest absolute Gasteiger partial charge is 0.251 e. The Labute approximate surface area is 160 Å². The highest BCUT2D eigenvalue weighted by molar-refractivity contribution is 5.94. The first-order valence-corrected chi connectivity index (χ1v) is 9.07. The van der Waals surface area contributed by atoms with E-state index in [4.69, 9.17) is 0 Å². The Balaban J connectivity index is 0.00000338. The van der Waals surface area contributed by atoms with Crippen molar-refractivity contribution < 1.29 is 14.0 Å². The van der Waals surface area contributed by atoms with Crippen molar-refractivity contribution >= 4 is 24.2 Å². The number of nitrogens with one attached hydrogen (secondary N) is 3. The van der Waals surface area contributed by atoms with Gasteiger partial charge in [0.15, 0.2) is 0 Å². The molecule has 1 unspecified atom stereocenters. The van der Waals surface area contributed by atoms with Crippen LogP contribution in [0, 0.1) is 17.7 Å². The summed E-state index contributed by atoms with van der Waals surface area (Å²) in [4.78, 5) is 23.8. The quantitative estimate of drug-likeness (QED) is 0.602. The molecule has 0 aliphatic carbocycles. The van der Waals surface area contributed by atoms with E-state index in [0.717, 1.165) is 25.9 Å². The predicted octanol–water partition coefficient (Wildman–Crippen LogP) is 2.51. The zero-order valence-corrected chi connectivity index (χ0v) is 16.0. The molecule has 0 saturated carbocycles. The summed E-state index contributed by atoms with van der Waals surface area (Å²) in [6.45, 7) is 5.21. The van der Waals surface area contributed by atoms with E-state index >= 15 is 0 Å². The Hall–Kier alpha value is -1.66.